The molecule has 0 aliphatic carbocycles. The van der Waals surface area contributed by atoms with Gasteiger partial charge >= 0.3 is 0 Å². The molecule has 0 fully saturated rings. The van der Waals surface area contributed by atoms with Crippen molar-refractivity contribution in [1.82, 2.24) is 0 Å². The maximum Gasteiger partial charge on any atom is 0.233 e. The number of benzene rings is 1. The minimum Gasteiger partial charge on any atom is -0.393 e. The fourth-order valence-corrected chi connectivity index (χ4v) is 1.20. The lowest BCUT2D eigenvalue weighted by Crippen LogP contribution is -2.29. The highest BCUT2D eigenvalue weighted by Crippen LogP contribution is 2.13. The van der Waals surface area contributed by atoms with Gasteiger partial charge in [0.1, 0.15) is 5.82 Å². The van der Waals surface area contributed by atoms with Crippen LogP contribution in [0.1, 0.15) is 6.42 Å². The summed E-state index contributed by atoms with van der Waals surface area (Å²) in [5.74, 6) is -0.553. The maximum atomic E-state index is 12.6. The summed E-state index contributed by atoms with van der Waals surface area (Å²) >= 11 is 4.63. The van der Waals surface area contributed by atoms with Gasteiger partial charge in [-0.15, -0.1) is 0 Å². The quantitative estimate of drug-likeness (QED) is 0.794. The Balaban J connectivity index is 2.76. The summed E-state index contributed by atoms with van der Waals surface area (Å²) in [5, 5.41) is 0. The van der Waals surface area contributed by atoms with Crippen molar-refractivity contribution in [1.29, 1.82) is 0 Å². The molecule has 0 unspecified atom stereocenters. The van der Waals surface area contributed by atoms with Gasteiger partial charge in [0.15, 0.2) is 0 Å². The summed E-state index contributed by atoms with van der Waals surface area (Å²) in [4.78, 5) is 13.0. The number of nitrogens with zero attached hydrogens (tertiary/aromatic N) is 1. The molecule has 80 valence electrons. The third-order valence-electron chi connectivity index (χ3n) is 1.91. The first-order chi connectivity index (χ1) is 7.00. The van der Waals surface area contributed by atoms with E-state index in [0.717, 1.165) is 0 Å². The molecule has 0 radical (unpaired) electrons. The number of carbonyl (C=O) groups excluding carboxylic acids is 1. The second-order valence-corrected chi connectivity index (χ2v) is 3.60. The van der Waals surface area contributed by atoms with Crippen LogP contribution < -0.4 is 10.6 Å². The summed E-state index contributed by atoms with van der Waals surface area (Å²) in [6.07, 6.45) is 0.0171. The first-order valence-corrected chi connectivity index (χ1v) is 4.72. The summed E-state index contributed by atoms with van der Waals surface area (Å²) in [5.41, 5.74) is 5.87. The molecule has 0 saturated carbocycles. The van der Waals surface area contributed by atoms with Crippen LogP contribution in [0.5, 0.6) is 0 Å². The number of nitrogens with two attached hydrogens (primary N) is 1. The lowest BCUT2D eigenvalue weighted by atomic mass is 10.2. The van der Waals surface area contributed by atoms with Gasteiger partial charge in [-0.2, -0.15) is 0 Å². The van der Waals surface area contributed by atoms with Gasteiger partial charge in [0.2, 0.25) is 5.91 Å². The normalized spacial score (nSPS) is 9.73. The highest BCUT2D eigenvalue weighted by Gasteiger charge is 2.11. The van der Waals surface area contributed by atoms with Crippen molar-refractivity contribution < 1.29 is 9.18 Å². The van der Waals surface area contributed by atoms with Crippen molar-refractivity contribution in [3.8, 4) is 0 Å². The Morgan fingerprint density at radius 2 is 2.00 bits per heavy atom. The van der Waals surface area contributed by atoms with Crippen LogP contribution in [0.25, 0.3) is 0 Å². The molecule has 3 nitrogen and oxygen atoms in total. The van der Waals surface area contributed by atoms with Crippen LogP contribution in [0, 0.1) is 5.82 Å². The lowest BCUT2D eigenvalue weighted by molar-refractivity contribution is -0.117. The van der Waals surface area contributed by atoms with E-state index in [2.05, 4.69) is 12.2 Å². The monoisotopic (exact) mass is 226 g/mol. The standard InChI is InChI=1S/C10H11FN2OS/c1-13(10(14)6-9(12)15)8-4-2-7(11)3-5-8/h2-5H,6H2,1H3,(H2,12,15). The minimum absolute atomic E-state index is 0.0171. The second kappa shape index (κ2) is 4.84. The Bertz CT molecular complexity index is 378. The number of rotatable bonds is 3. The molecule has 0 atom stereocenters. The van der Waals surface area contributed by atoms with Gasteiger partial charge in [0, 0.05) is 12.7 Å². The number of anilines is 1. The molecule has 15 heavy (non-hydrogen) atoms. The van der Waals surface area contributed by atoms with E-state index in [9.17, 15) is 9.18 Å². The van der Waals surface area contributed by atoms with Crippen LogP contribution >= 0.6 is 12.2 Å². The minimum atomic E-state index is -0.339. The smallest absolute Gasteiger partial charge is 0.233 e. The van der Waals surface area contributed by atoms with Crippen LogP contribution in [0.3, 0.4) is 0 Å². The zero-order chi connectivity index (χ0) is 11.4. The first kappa shape index (κ1) is 11.6. The molecule has 0 saturated heterocycles. The van der Waals surface area contributed by atoms with E-state index in [1.165, 1.54) is 29.2 Å². The van der Waals surface area contributed by atoms with E-state index in [1.807, 2.05) is 0 Å². The molecule has 0 aliphatic heterocycles. The summed E-state index contributed by atoms with van der Waals surface area (Å²) in [6.45, 7) is 0. The van der Waals surface area contributed by atoms with Crippen molar-refractivity contribution in [2.24, 2.45) is 5.73 Å². The van der Waals surface area contributed by atoms with Crippen molar-refractivity contribution in [3.63, 3.8) is 0 Å². The number of amides is 1. The van der Waals surface area contributed by atoms with E-state index in [0.29, 0.717) is 5.69 Å². The van der Waals surface area contributed by atoms with Gasteiger partial charge in [-0.3, -0.25) is 4.79 Å². The van der Waals surface area contributed by atoms with Gasteiger partial charge in [0.25, 0.3) is 0 Å². The third kappa shape index (κ3) is 3.28. The van der Waals surface area contributed by atoms with Crippen molar-refractivity contribution in [2.45, 2.75) is 6.42 Å². The highest BCUT2D eigenvalue weighted by molar-refractivity contribution is 7.80. The number of carbonyl (C=O) groups is 1. The zero-order valence-electron chi connectivity index (χ0n) is 8.24. The molecule has 1 aromatic carbocycles. The van der Waals surface area contributed by atoms with Gasteiger partial charge in [-0.1, -0.05) is 12.2 Å². The molecule has 0 heterocycles. The zero-order valence-corrected chi connectivity index (χ0v) is 9.05. The molecule has 0 aromatic heterocycles. The lowest BCUT2D eigenvalue weighted by Gasteiger charge is -2.16. The third-order valence-corrected chi connectivity index (χ3v) is 2.06. The average Bonchev–Trinajstić information content (AvgIpc) is 2.17. The highest BCUT2D eigenvalue weighted by atomic mass is 32.1. The van der Waals surface area contributed by atoms with Gasteiger partial charge < -0.3 is 10.6 Å². The van der Waals surface area contributed by atoms with Gasteiger partial charge in [-0.05, 0) is 24.3 Å². The van der Waals surface area contributed by atoms with Crippen LogP contribution in [-0.4, -0.2) is 17.9 Å². The molecule has 1 aromatic rings. The molecule has 0 aliphatic rings. The summed E-state index contributed by atoms with van der Waals surface area (Å²) in [7, 11) is 1.59. The Hall–Kier alpha value is -1.49. The Labute approximate surface area is 92.7 Å². The summed E-state index contributed by atoms with van der Waals surface area (Å²) < 4.78 is 12.6. The predicted molar refractivity (Wildman–Crippen MR) is 61.2 cm³/mol. The predicted octanol–water partition coefficient (Wildman–Crippen LogP) is 1.46. The molecule has 1 rings (SSSR count). The topological polar surface area (TPSA) is 46.3 Å². The van der Waals surface area contributed by atoms with Crippen LogP contribution in [0.2, 0.25) is 0 Å². The molecular formula is C10H11FN2OS. The molecule has 2 N–H and O–H groups in total. The second-order valence-electron chi connectivity index (χ2n) is 3.07. The number of hydrogen-bond donors (Lipinski definition) is 1. The van der Waals surface area contributed by atoms with E-state index in [-0.39, 0.29) is 23.1 Å². The average molecular weight is 226 g/mol. The fourth-order valence-electron chi connectivity index (χ4n) is 1.08. The van der Waals surface area contributed by atoms with Crippen molar-refractivity contribution in [3.05, 3.63) is 30.1 Å². The van der Waals surface area contributed by atoms with Crippen LogP contribution in [0.4, 0.5) is 10.1 Å². The van der Waals surface area contributed by atoms with Gasteiger partial charge in [-0.25, -0.2) is 4.39 Å². The Kier molecular flexibility index (Phi) is 3.74. The SMILES string of the molecule is CN(C(=O)CC(N)=S)c1ccc(F)cc1. The Morgan fingerprint density at radius 1 is 1.47 bits per heavy atom. The first-order valence-electron chi connectivity index (χ1n) is 4.31. The van der Waals surface area contributed by atoms with E-state index >= 15 is 0 Å². The van der Waals surface area contributed by atoms with Crippen molar-refractivity contribution in [2.75, 3.05) is 11.9 Å². The van der Waals surface area contributed by atoms with Crippen LogP contribution in [-0.2, 0) is 4.79 Å². The van der Waals surface area contributed by atoms with Crippen molar-refractivity contribution >= 4 is 28.8 Å². The van der Waals surface area contributed by atoms with Gasteiger partial charge in [0.05, 0.1) is 11.4 Å². The van der Waals surface area contributed by atoms with E-state index < -0.39 is 0 Å². The molecule has 0 bridgehead atoms. The fraction of sp³-hybridized carbons (Fsp3) is 0.200. The number of halogens is 1. The van der Waals surface area contributed by atoms with E-state index in [4.69, 9.17) is 5.73 Å². The number of thiocarbonyl (C=S) groups is 1. The molecule has 1 amide bonds. The molecule has 0 spiro atoms. The largest absolute Gasteiger partial charge is 0.393 e. The maximum absolute atomic E-state index is 12.6. The van der Waals surface area contributed by atoms with E-state index in [1.54, 1.807) is 7.05 Å². The Morgan fingerprint density at radius 3 is 2.47 bits per heavy atom. The molecule has 5 heteroatoms. The number of hydrogen-bond acceptors (Lipinski definition) is 2. The summed E-state index contributed by atoms with van der Waals surface area (Å²) in [6, 6.07) is 5.62. The molecular weight excluding hydrogens is 215 g/mol. The van der Waals surface area contributed by atoms with Crippen LogP contribution in [0.15, 0.2) is 24.3 Å².